The Morgan fingerprint density at radius 2 is 2.00 bits per heavy atom. The zero-order valence-electron chi connectivity index (χ0n) is 18.5. The molecule has 4 rings (SSSR count). The molecule has 1 aliphatic rings. The van der Waals surface area contributed by atoms with E-state index in [1.54, 1.807) is 32.1 Å². The summed E-state index contributed by atoms with van der Waals surface area (Å²) in [7, 11) is 0. The number of esters is 1. The van der Waals surface area contributed by atoms with Crippen molar-refractivity contribution >= 4 is 35.1 Å². The van der Waals surface area contributed by atoms with Gasteiger partial charge >= 0.3 is 5.97 Å². The molecule has 1 atom stereocenters. The number of ether oxygens (including phenoxy) is 1. The minimum absolute atomic E-state index is 0.136. The minimum Gasteiger partial charge on any atom is -0.463 e. The van der Waals surface area contributed by atoms with E-state index in [0.717, 1.165) is 5.56 Å². The second kappa shape index (κ2) is 9.80. The summed E-state index contributed by atoms with van der Waals surface area (Å²) in [5.74, 6) is -0.612. The summed E-state index contributed by atoms with van der Waals surface area (Å²) >= 11 is 1.19. The molecule has 8 nitrogen and oxygen atoms in total. The van der Waals surface area contributed by atoms with Gasteiger partial charge in [-0.1, -0.05) is 66.0 Å². The molecule has 1 aliphatic heterocycles. The number of allylic oxidation sites excluding steroid dienone is 2. The van der Waals surface area contributed by atoms with Crippen molar-refractivity contribution in [2.24, 2.45) is 4.99 Å². The number of nitro groups is 1. The summed E-state index contributed by atoms with van der Waals surface area (Å²) in [5.41, 5.74) is 1.53. The molecular formula is C25H21N3O5S. The highest BCUT2D eigenvalue weighted by molar-refractivity contribution is 7.07. The van der Waals surface area contributed by atoms with Gasteiger partial charge in [0, 0.05) is 12.1 Å². The van der Waals surface area contributed by atoms with Gasteiger partial charge in [0.2, 0.25) is 0 Å². The molecule has 0 saturated heterocycles. The molecule has 2 aromatic carbocycles. The average Bonchev–Trinajstić information content (AvgIpc) is 3.13. The van der Waals surface area contributed by atoms with E-state index in [4.69, 9.17) is 4.74 Å². The molecule has 0 bridgehead atoms. The van der Waals surface area contributed by atoms with Crippen LogP contribution in [0.5, 0.6) is 0 Å². The Morgan fingerprint density at radius 1 is 1.24 bits per heavy atom. The molecule has 34 heavy (non-hydrogen) atoms. The SMILES string of the molecule is CCOC(=O)C1=C(C)N=c2s/c(=C\C=C\c3ccccc3)c(=O)n2[C@H]1c1cccc([N+](=O)[O-])c1. The molecule has 0 spiro atoms. The maximum Gasteiger partial charge on any atom is 0.338 e. The Balaban J connectivity index is 1.89. The van der Waals surface area contributed by atoms with Crippen LogP contribution in [-0.4, -0.2) is 22.1 Å². The molecule has 0 radical (unpaired) electrons. The van der Waals surface area contributed by atoms with Gasteiger partial charge in [0.15, 0.2) is 4.80 Å². The second-order valence-corrected chi connectivity index (χ2v) is 8.46. The molecule has 2 heterocycles. The van der Waals surface area contributed by atoms with E-state index in [0.29, 0.717) is 20.6 Å². The molecule has 0 fully saturated rings. The lowest BCUT2D eigenvalue weighted by atomic mass is 9.95. The fraction of sp³-hybridized carbons (Fsp3) is 0.160. The zero-order valence-corrected chi connectivity index (χ0v) is 19.3. The number of thiazole rings is 1. The van der Waals surface area contributed by atoms with Crippen LogP contribution in [0.3, 0.4) is 0 Å². The van der Waals surface area contributed by atoms with E-state index in [9.17, 15) is 19.7 Å². The lowest BCUT2D eigenvalue weighted by Crippen LogP contribution is -2.39. The van der Waals surface area contributed by atoms with Gasteiger partial charge in [-0.2, -0.15) is 0 Å². The van der Waals surface area contributed by atoms with Crippen LogP contribution in [0.1, 0.15) is 31.0 Å². The number of nitro benzene ring substituents is 1. The molecule has 0 amide bonds. The van der Waals surface area contributed by atoms with Crippen molar-refractivity contribution < 1.29 is 14.5 Å². The summed E-state index contributed by atoms with van der Waals surface area (Å²) in [6.45, 7) is 3.50. The van der Waals surface area contributed by atoms with Gasteiger partial charge in [-0.25, -0.2) is 9.79 Å². The topological polar surface area (TPSA) is 104 Å². The van der Waals surface area contributed by atoms with Crippen LogP contribution in [0.15, 0.2) is 81.7 Å². The molecule has 3 aromatic rings. The molecule has 0 saturated carbocycles. The Hall–Kier alpha value is -4.11. The number of fused-ring (bicyclic) bond motifs is 1. The Morgan fingerprint density at radius 3 is 2.71 bits per heavy atom. The van der Waals surface area contributed by atoms with Crippen molar-refractivity contribution in [1.82, 2.24) is 4.57 Å². The maximum atomic E-state index is 13.4. The van der Waals surface area contributed by atoms with E-state index in [1.165, 1.54) is 34.1 Å². The highest BCUT2D eigenvalue weighted by Gasteiger charge is 2.33. The van der Waals surface area contributed by atoms with Crippen molar-refractivity contribution in [3.63, 3.8) is 0 Å². The lowest BCUT2D eigenvalue weighted by Gasteiger charge is -2.24. The van der Waals surface area contributed by atoms with Gasteiger partial charge in [-0.15, -0.1) is 0 Å². The number of carbonyl (C=O) groups is 1. The van der Waals surface area contributed by atoms with Crippen molar-refractivity contribution in [1.29, 1.82) is 0 Å². The predicted octanol–water partition coefficient (Wildman–Crippen LogP) is 3.37. The van der Waals surface area contributed by atoms with Gasteiger partial charge in [-0.3, -0.25) is 19.5 Å². The largest absolute Gasteiger partial charge is 0.463 e. The quantitative estimate of drug-likeness (QED) is 0.309. The first kappa shape index (κ1) is 23.1. The third kappa shape index (κ3) is 4.51. The summed E-state index contributed by atoms with van der Waals surface area (Å²) < 4.78 is 7.07. The van der Waals surface area contributed by atoms with Gasteiger partial charge < -0.3 is 4.74 Å². The summed E-state index contributed by atoms with van der Waals surface area (Å²) in [6, 6.07) is 14.7. The lowest BCUT2D eigenvalue weighted by molar-refractivity contribution is -0.384. The number of hydrogen-bond acceptors (Lipinski definition) is 7. The highest BCUT2D eigenvalue weighted by atomic mass is 32.1. The normalized spacial score (nSPS) is 15.8. The second-order valence-electron chi connectivity index (χ2n) is 7.45. The number of nitrogens with zero attached hydrogens (tertiary/aromatic N) is 3. The van der Waals surface area contributed by atoms with Crippen LogP contribution in [0.4, 0.5) is 5.69 Å². The predicted molar refractivity (Wildman–Crippen MR) is 130 cm³/mol. The van der Waals surface area contributed by atoms with E-state index < -0.39 is 16.9 Å². The number of benzene rings is 2. The van der Waals surface area contributed by atoms with Crippen LogP contribution in [0, 0.1) is 10.1 Å². The smallest absolute Gasteiger partial charge is 0.338 e. The van der Waals surface area contributed by atoms with Crippen LogP contribution < -0.4 is 14.9 Å². The summed E-state index contributed by atoms with van der Waals surface area (Å²) in [5, 5.41) is 11.4. The standard InChI is InChI=1S/C25H21N3O5S/c1-3-33-24(30)21-16(2)26-25-27(22(21)18-12-8-13-19(15-18)28(31)32)23(29)20(34-25)14-7-11-17-9-5-4-6-10-17/h4-15,22H,3H2,1-2H3/b11-7+,20-14-/t22-/m0/s1. The Kier molecular flexibility index (Phi) is 6.65. The number of hydrogen-bond donors (Lipinski definition) is 0. The van der Waals surface area contributed by atoms with E-state index in [2.05, 4.69) is 4.99 Å². The first-order valence-corrected chi connectivity index (χ1v) is 11.4. The van der Waals surface area contributed by atoms with E-state index in [1.807, 2.05) is 36.4 Å². The molecule has 172 valence electrons. The van der Waals surface area contributed by atoms with Gasteiger partial charge in [0.1, 0.15) is 0 Å². The van der Waals surface area contributed by atoms with Crippen molar-refractivity contribution in [3.8, 4) is 0 Å². The molecule has 9 heteroatoms. The van der Waals surface area contributed by atoms with Crippen molar-refractivity contribution in [2.75, 3.05) is 6.61 Å². The van der Waals surface area contributed by atoms with Gasteiger partial charge in [0.25, 0.3) is 11.2 Å². The Labute approximate surface area is 198 Å². The number of non-ortho nitro benzene ring substituents is 1. The van der Waals surface area contributed by atoms with Gasteiger partial charge in [0.05, 0.1) is 33.4 Å². The van der Waals surface area contributed by atoms with Crippen LogP contribution >= 0.6 is 11.3 Å². The van der Waals surface area contributed by atoms with E-state index in [-0.39, 0.29) is 23.4 Å². The third-order valence-electron chi connectivity index (χ3n) is 5.25. The Bertz CT molecular complexity index is 1500. The van der Waals surface area contributed by atoms with E-state index >= 15 is 0 Å². The summed E-state index contributed by atoms with van der Waals surface area (Å²) in [4.78, 5) is 42.1. The molecule has 1 aromatic heterocycles. The molecule has 0 aliphatic carbocycles. The number of carbonyl (C=O) groups excluding carboxylic acids is 1. The first-order chi connectivity index (χ1) is 16.4. The molecular weight excluding hydrogens is 454 g/mol. The maximum absolute atomic E-state index is 13.4. The zero-order chi connectivity index (χ0) is 24.2. The first-order valence-electron chi connectivity index (χ1n) is 10.6. The monoisotopic (exact) mass is 475 g/mol. The third-order valence-corrected chi connectivity index (χ3v) is 6.25. The van der Waals surface area contributed by atoms with Crippen LogP contribution in [0.25, 0.3) is 12.2 Å². The fourth-order valence-electron chi connectivity index (χ4n) is 3.74. The number of rotatable bonds is 6. The van der Waals surface area contributed by atoms with Gasteiger partial charge in [-0.05, 0) is 31.1 Å². The number of aromatic nitrogens is 1. The van der Waals surface area contributed by atoms with Crippen molar-refractivity contribution in [2.45, 2.75) is 19.9 Å². The molecule has 0 N–H and O–H groups in total. The van der Waals surface area contributed by atoms with Crippen LogP contribution in [-0.2, 0) is 9.53 Å². The summed E-state index contributed by atoms with van der Waals surface area (Å²) in [6.07, 6.45) is 5.36. The molecule has 0 unspecified atom stereocenters. The fourth-order valence-corrected chi connectivity index (χ4v) is 4.74. The van der Waals surface area contributed by atoms with Crippen molar-refractivity contribution in [3.05, 3.63) is 113 Å². The minimum atomic E-state index is -0.893. The average molecular weight is 476 g/mol. The highest BCUT2D eigenvalue weighted by Crippen LogP contribution is 2.32. The van der Waals surface area contributed by atoms with Crippen LogP contribution in [0.2, 0.25) is 0 Å².